The molecule has 1 aliphatic carbocycles. The SMILES string of the molecule is NCC(O)(Cc1cc(F)ccc1F)C1CC1. The van der Waals surface area contributed by atoms with Gasteiger partial charge in [0.05, 0.1) is 5.60 Å². The molecule has 0 saturated heterocycles. The Morgan fingerprint density at radius 3 is 2.62 bits per heavy atom. The zero-order valence-corrected chi connectivity index (χ0v) is 8.92. The molecular weight excluding hydrogens is 212 g/mol. The molecule has 4 heteroatoms. The first-order valence-electron chi connectivity index (χ1n) is 5.41. The Bertz CT molecular complexity index is 393. The Morgan fingerprint density at radius 1 is 1.38 bits per heavy atom. The first kappa shape index (κ1) is 11.5. The minimum absolute atomic E-state index is 0.0770. The second-order valence-electron chi connectivity index (χ2n) is 4.49. The van der Waals surface area contributed by atoms with Gasteiger partial charge < -0.3 is 10.8 Å². The Kier molecular flexibility index (Phi) is 2.95. The molecule has 0 aliphatic heterocycles. The van der Waals surface area contributed by atoms with Crippen molar-refractivity contribution >= 4 is 0 Å². The van der Waals surface area contributed by atoms with Crippen molar-refractivity contribution in [2.24, 2.45) is 11.7 Å². The van der Waals surface area contributed by atoms with Crippen molar-refractivity contribution in [3.63, 3.8) is 0 Å². The molecule has 1 saturated carbocycles. The lowest BCUT2D eigenvalue weighted by Gasteiger charge is -2.26. The van der Waals surface area contributed by atoms with Gasteiger partial charge in [-0.3, -0.25) is 0 Å². The number of nitrogens with two attached hydrogens (primary N) is 1. The molecule has 0 radical (unpaired) electrons. The highest BCUT2D eigenvalue weighted by atomic mass is 19.1. The van der Waals surface area contributed by atoms with Gasteiger partial charge >= 0.3 is 0 Å². The molecular formula is C12H15F2NO. The first-order valence-corrected chi connectivity index (χ1v) is 5.41. The van der Waals surface area contributed by atoms with Gasteiger partial charge in [0.25, 0.3) is 0 Å². The fourth-order valence-electron chi connectivity index (χ4n) is 2.01. The van der Waals surface area contributed by atoms with Crippen LogP contribution in [0.1, 0.15) is 18.4 Å². The summed E-state index contributed by atoms with van der Waals surface area (Å²) in [5.41, 5.74) is 4.62. The van der Waals surface area contributed by atoms with E-state index in [1.165, 1.54) is 0 Å². The van der Waals surface area contributed by atoms with Crippen LogP contribution in [0.5, 0.6) is 0 Å². The molecule has 2 nitrogen and oxygen atoms in total. The summed E-state index contributed by atoms with van der Waals surface area (Å²) in [4.78, 5) is 0. The summed E-state index contributed by atoms with van der Waals surface area (Å²) in [6.07, 6.45) is 1.90. The molecule has 0 spiro atoms. The Labute approximate surface area is 93.1 Å². The van der Waals surface area contributed by atoms with Crippen LogP contribution in [0.15, 0.2) is 18.2 Å². The average molecular weight is 227 g/mol. The second kappa shape index (κ2) is 4.11. The molecule has 1 aliphatic rings. The number of hydrogen-bond donors (Lipinski definition) is 2. The zero-order chi connectivity index (χ0) is 11.8. The fourth-order valence-corrected chi connectivity index (χ4v) is 2.01. The maximum absolute atomic E-state index is 13.4. The third-order valence-corrected chi connectivity index (χ3v) is 3.20. The molecule has 1 atom stereocenters. The third-order valence-electron chi connectivity index (χ3n) is 3.20. The lowest BCUT2D eigenvalue weighted by molar-refractivity contribution is 0.0259. The van der Waals surface area contributed by atoms with Crippen LogP contribution < -0.4 is 5.73 Å². The summed E-state index contributed by atoms with van der Waals surface area (Å²) in [5, 5.41) is 10.2. The second-order valence-corrected chi connectivity index (χ2v) is 4.49. The van der Waals surface area contributed by atoms with E-state index in [-0.39, 0.29) is 24.4 Å². The van der Waals surface area contributed by atoms with E-state index in [9.17, 15) is 13.9 Å². The summed E-state index contributed by atoms with van der Waals surface area (Å²) in [6.45, 7) is 0.0770. The Balaban J connectivity index is 2.21. The molecule has 1 unspecified atom stereocenters. The van der Waals surface area contributed by atoms with E-state index in [0.717, 1.165) is 31.0 Å². The molecule has 0 heterocycles. The molecule has 1 fully saturated rings. The number of aliphatic hydroxyl groups is 1. The maximum Gasteiger partial charge on any atom is 0.126 e. The summed E-state index contributed by atoms with van der Waals surface area (Å²) in [6, 6.07) is 3.27. The van der Waals surface area contributed by atoms with Crippen LogP contribution in [-0.2, 0) is 6.42 Å². The molecule has 88 valence electrons. The quantitative estimate of drug-likeness (QED) is 0.820. The van der Waals surface area contributed by atoms with Gasteiger partial charge in [-0.15, -0.1) is 0 Å². The monoisotopic (exact) mass is 227 g/mol. The van der Waals surface area contributed by atoms with Gasteiger partial charge in [0.1, 0.15) is 11.6 Å². The highest BCUT2D eigenvalue weighted by Gasteiger charge is 2.43. The average Bonchev–Trinajstić information content (AvgIpc) is 3.07. The van der Waals surface area contributed by atoms with Crippen LogP contribution >= 0.6 is 0 Å². The molecule has 0 amide bonds. The summed E-state index contributed by atoms with van der Waals surface area (Å²) >= 11 is 0. The van der Waals surface area contributed by atoms with Crippen molar-refractivity contribution in [2.45, 2.75) is 24.9 Å². The lowest BCUT2D eigenvalue weighted by Crippen LogP contribution is -2.42. The third kappa shape index (κ3) is 2.23. The number of hydrogen-bond acceptors (Lipinski definition) is 2. The molecule has 1 aromatic carbocycles. The predicted octanol–water partition coefficient (Wildman–Crippen LogP) is 1.61. The van der Waals surface area contributed by atoms with Crippen LogP contribution in [0.3, 0.4) is 0 Å². The van der Waals surface area contributed by atoms with E-state index in [0.29, 0.717) is 0 Å². The van der Waals surface area contributed by atoms with E-state index in [1.54, 1.807) is 0 Å². The van der Waals surface area contributed by atoms with Gasteiger partial charge in [0.15, 0.2) is 0 Å². The van der Waals surface area contributed by atoms with Crippen molar-refractivity contribution in [2.75, 3.05) is 6.54 Å². The Hall–Kier alpha value is -1.00. The number of rotatable bonds is 4. The summed E-state index contributed by atoms with van der Waals surface area (Å²) in [5.74, 6) is -0.860. The van der Waals surface area contributed by atoms with Crippen LogP contribution in [0.4, 0.5) is 8.78 Å². The van der Waals surface area contributed by atoms with E-state index in [1.807, 2.05) is 0 Å². The molecule has 2 rings (SSSR count). The molecule has 1 aromatic rings. The lowest BCUT2D eigenvalue weighted by atomic mass is 9.89. The number of benzene rings is 1. The van der Waals surface area contributed by atoms with Gasteiger partial charge in [-0.2, -0.15) is 0 Å². The highest BCUT2D eigenvalue weighted by Crippen LogP contribution is 2.41. The van der Waals surface area contributed by atoms with E-state index in [2.05, 4.69) is 0 Å². The van der Waals surface area contributed by atoms with E-state index in [4.69, 9.17) is 5.73 Å². The van der Waals surface area contributed by atoms with Gasteiger partial charge in [0, 0.05) is 13.0 Å². The van der Waals surface area contributed by atoms with Crippen molar-refractivity contribution in [3.05, 3.63) is 35.4 Å². The smallest absolute Gasteiger partial charge is 0.126 e. The minimum atomic E-state index is -1.09. The van der Waals surface area contributed by atoms with Crippen LogP contribution in [-0.4, -0.2) is 17.3 Å². The topological polar surface area (TPSA) is 46.2 Å². The van der Waals surface area contributed by atoms with Gasteiger partial charge in [-0.05, 0) is 42.5 Å². The zero-order valence-electron chi connectivity index (χ0n) is 8.92. The van der Waals surface area contributed by atoms with Crippen molar-refractivity contribution < 1.29 is 13.9 Å². The van der Waals surface area contributed by atoms with Gasteiger partial charge in [-0.25, -0.2) is 8.78 Å². The summed E-state index contributed by atoms with van der Waals surface area (Å²) < 4.78 is 26.4. The molecule has 0 aromatic heterocycles. The van der Waals surface area contributed by atoms with Crippen LogP contribution in [0, 0.1) is 17.6 Å². The van der Waals surface area contributed by atoms with Crippen molar-refractivity contribution in [1.82, 2.24) is 0 Å². The predicted molar refractivity (Wildman–Crippen MR) is 56.8 cm³/mol. The number of halogens is 2. The Morgan fingerprint density at radius 2 is 2.06 bits per heavy atom. The highest BCUT2D eigenvalue weighted by molar-refractivity contribution is 5.22. The molecule has 3 N–H and O–H groups in total. The molecule has 16 heavy (non-hydrogen) atoms. The normalized spacial score (nSPS) is 19.5. The van der Waals surface area contributed by atoms with E-state index >= 15 is 0 Å². The molecule has 0 bridgehead atoms. The fraction of sp³-hybridized carbons (Fsp3) is 0.500. The van der Waals surface area contributed by atoms with Crippen LogP contribution in [0.25, 0.3) is 0 Å². The summed E-state index contributed by atoms with van der Waals surface area (Å²) in [7, 11) is 0. The largest absolute Gasteiger partial charge is 0.388 e. The van der Waals surface area contributed by atoms with Gasteiger partial charge in [0.2, 0.25) is 0 Å². The maximum atomic E-state index is 13.4. The van der Waals surface area contributed by atoms with Gasteiger partial charge in [-0.1, -0.05) is 0 Å². The first-order chi connectivity index (χ1) is 7.55. The minimum Gasteiger partial charge on any atom is -0.388 e. The van der Waals surface area contributed by atoms with Crippen molar-refractivity contribution in [1.29, 1.82) is 0 Å². The standard InChI is InChI=1S/C12H15F2NO/c13-10-3-4-11(14)8(5-10)6-12(16,7-15)9-1-2-9/h3-5,9,16H,1-2,6-7,15H2. The van der Waals surface area contributed by atoms with Crippen LogP contribution in [0.2, 0.25) is 0 Å². The van der Waals surface area contributed by atoms with Crippen molar-refractivity contribution in [3.8, 4) is 0 Å². The van der Waals surface area contributed by atoms with E-state index < -0.39 is 17.2 Å².